The van der Waals surface area contributed by atoms with Gasteiger partial charge in [0.15, 0.2) is 0 Å². The van der Waals surface area contributed by atoms with Gasteiger partial charge in [0.1, 0.15) is 5.69 Å². The zero-order chi connectivity index (χ0) is 12.6. The van der Waals surface area contributed by atoms with Crippen molar-refractivity contribution in [2.24, 2.45) is 0 Å². The van der Waals surface area contributed by atoms with Crippen LogP contribution in [0.3, 0.4) is 0 Å². The molecular formula is C10H16N4O2S. The molecule has 0 spiro atoms. The van der Waals surface area contributed by atoms with Crippen LogP contribution in [0.2, 0.25) is 0 Å². The number of hydrogen-bond acceptors (Lipinski definition) is 5. The van der Waals surface area contributed by atoms with E-state index in [-0.39, 0.29) is 17.5 Å². The highest BCUT2D eigenvalue weighted by molar-refractivity contribution is 7.99. The fourth-order valence-electron chi connectivity index (χ4n) is 2.26. The molecule has 2 rings (SSSR count). The molecule has 0 saturated carbocycles. The van der Waals surface area contributed by atoms with Crippen LogP contribution in [0.25, 0.3) is 0 Å². The number of nitro groups is 1. The topological polar surface area (TPSA) is 87.0 Å². The molecule has 1 saturated heterocycles. The molecule has 2 unspecified atom stereocenters. The molecule has 1 fully saturated rings. The number of rotatable bonds is 2. The van der Waals surface area contributed by atoms with Gasteiger partial charge in [-0.1, -0.05) is 6.92 Å². The molecular weight excluding hydrogens is 240 g/mol. The minimum Gasteiger partial charge on any atom is -0.378 e. The third kappa shape index (κ3) is 2.11. The summed E-state index contributed by atoms with van der Waals surface area (Å²) < 4.78 is 1.64. The van der Waals surface area contributed by atoms with E-state index in [0.29, 0.717) is 10.9 Å². The first-order chi connectivity index (χ1) is 8.02. The zero-order valence-corrected chi connectivity index (χ0v) is 10.7. The normalized spacial score (nSPS) is 24.8. The number of nitrogens with zero attached hydrogens (tertiary/aromatic N) is 3. The van der Waals surface area contributed by atoms with Crippen LogP contribution in [0.1, 0.15) is 31.5 Å². The smallest absolute Gasteiger partial charge is 0.333 e. The van der Waals surface area contributed by atoms with Crippen LogP contribution in [0, 0.1) is 17.0 Å². The first kappa shape index (κ1) is 12.2. The average molecular weight is 256 g/mol. The van der Waals surface area contributed by atoms with Crippen molar-refractivity contribution in [1.29, 1.82) is 0 Å². The lowest BCUT2D eigenvalue weighted by Crippen LogP contribution is -2.25. The second-order valence-electron chi connectivity index (χ2n) is 4.31. The van der Waals surface area contributed by atoms with Gasteiger partial charge in [-0.15, -0.1) is 0 Å². The molecule has 0 amide bonds. The Morgan fingerprint density at radius 2 is 2.35 bits per heavy atom. The van der Waals surface area contributed by atoms with Gasteiger partial charge in [-0.05, 0) is 25.5 Å². The molecule has 1 aliphatic heterocycles. The van der Waals surface area contributed by atoms with Crippen molar-refractivity contribution < 1.29 is 4.92 Å². The van der Waals surface area contributed by atoms with E-state index in [2.05, 4.69) is 12.0 Å². The van der Waals surface area contributed by atoms with Crippen LogP contribution in [0.4, 0.5) is 11.5 Å². The molecule has 2 N–H and O–H groups in total. The lowest BCUT2D eigenvalue weighted by atomic mass is 10.1. The Labute approximate surface area is 104 Å². The number of thioether (sulfide) groups is 1. The molecule has 1 aromatic rings. The molecule has 2 atom stereocenters. The van der Waals surface area contributed by atoms with Crippen molar-refractivity contribution in [3.05, 3.63) is 15.8 Å². The molecule has 0 radical (unpaired) electrons. The quantitative estimate of drug-likeness (QED) is 0.647. The van der Waals surface area contributed by atoms with Crippen LogP contribution in [-0.2, 0) is 0 Å². The molecule has 2 heterocycles. The van der Waals surface area contributed by atoms with Gasteiger partial charge in [-0.2, -0.15) is 16.9 Å². The van der Waals surface area contributed by atoms with E-state index in [1.165, 1.54) is 0 Å². The highest BCUT2D eigenvalue weighted by atomic mass is 32.2. The minimum atomic E-state index is -0.450. The Bertz CT molecular complexity index is 446. The Morgan fingerprint density at radius 1 is 1.65 bits per heavy atom. The molecule has 0 aliphatic carbocycles. The van der Waals surface area contributed by atoms with E-state index >= 15 is 0 Å². The number of hydrogen-bond donors (Lipinski definition) is 1. The lowest BCUT2D eigenvalue weighted by Gasteiger charge is -2.28. The molecule has 0 aromatic carbocycles. The van der Waals surface area contributed by atoms with Crippen LogP contribution < -0.4 is 5.73 Å². The van der Waals surface area contributed by atoms with Crippen molar-refractivity contribution in [3.63, 3.8) is 0 Å². The van der Waals surface area contributed by atoms with Crippen LogP contribution >= 0.6 is 11.8 Å². The summed E-state index contributed by atoms with van der Waals surface area (Å²) in [5.41, 5.74) is 6.20. The SMILES string of the molecule is Cc1nn(C2CCCSC2C)c(N)c1[N+](=O)[O-]. The fourth-order valence-corrected chi connectivity index (χ4v) is 3.44. The average Bonchev–Trinajstić information content (AvgIpc) is 2.55. The van der Waals surface area contributed by atoms with Gasteiger partial charge in [0, 0.05) is 5.25 Å². The van der Waals surface area contributed by atoms with E-state index in [9.17, 15) is 10.1 Å². The predicted molar refractivity (Wildman–Crippen MR) is 68.2 cm³/mol. The largest absolute Gasteiger partial charge is 0.378 e. The van der Waals surface area contributed by atoms with E-state index in [4.69, 9.17) is 5.73 Å². The number of aryl methyl sites for hydroxylation is 1. The standard InChI is InChI=1S/C10H16N4O2S/c1-6-9(14(15)16)10(11)13(12-6)8-4-3-5-17-7(8)2/h7-8H,3-5,11H2,1-2H3. The number of nitrogen functional groups attached to an aromatic ring is 1. The zero-order valence-electron chi connectivity index (χ0n) is 9.92. The summed E-state index contributed by atoms with van der Waals surface area (Å²) in [6.07, 6.45) is 2.09. The highest BCUT2D eigenvalue weighted by Crippen LogP contribution is 2.37. The van der Waals surface area contributed by atoms with Crippen molar-refractivity contribution in [2.75, 3.05) is 11.5 Å². The monoisotopic (exact) mass is 256 g/mol. The fraction of sp³-hybridized carbons (Fsp3) is 0.700. The number of anilines is 1. The summed E-state index contributed by atoms with van der Waals surface area (Å²) in [6.45, 7) is 3.75. The van der Waals surface area contributed by atoms with Crippen molar-refractivity contribution in [3.8, 4) is 0 Å². The van der Waals surface area contributed by atoms with Crippen LogP contribution in [0.15, 0.2) is 0 Å². The first-order valence-corrected chi connectivity index (χ1v) is 6.67. The van der Waals surface area contributed by atoms with Gasteiger partial charge < -0.3 is 5.73 Å². The van der Waals surface area contributed by atoms with Gasteiger partial charge in [0.25, 0.3) is 0 Å². The maximum Gasteiger partial charge on any atom is 0.333 e. The third-order valence-corrected chi connectivity index (χ3v) is 4.52. The maximum absolute atomic E-state index is 10.9. The van der Waals surface area contributed by atoms with Gasteiger partial charge in [-0.3, -0.25) is 10.1 Å². The van der Waals surface area contributed by atoms with Gasteiger partial charge in [0.2, 0.25) is 5.82 Å². The Balaban J connectivity index is 2.39. The maximum atomic E-state index is 10.9. The second kappa shape index (κ2) is 4.56. The van der Waals surface area contributed by atoms with E-state index in [1.807, 2.05) is 11.8 Å². The highest BCUT2D eigenvalue weighted by Gasteiger charge is 2.31. The minimum absolute atomic E-state index is 0.0484. The lowest BCUT2D eigenvalue weighted by molar-refractivity contribution is -0.384. The molecule has 1 aromatic heterocycles. The Kier molecular flexibility index (Phi) is 3.28. The van der Waals surface area contributed by atoms with Crippen molar-refractivity contribution in [2.45, 2.75) is 38.0 Å². The summed E-state index contributed by atoms with van der Waals surface area (Å²) in [6, 6.07) is 0.168. The van der Waals surface area contributed by atoms with Gasteiger partial charge in [-0.25, -0.2) is 4.68 Å². The van der Waals surface area contributed by atoms with E-state index in [1.54, 1.807) is 11.6 Å². The van der Waals surface area contributed by atoms with Gasteiger partial charge >= 0.3 is 5.69 Å². The molecule has 6 nitrogen and oxygen atoms in total. The molecule has 7 heteroatoms. The molecule has 17 heavy (non-hydrogen) atoms. The van der Waals surface area contributed by atoms with E-state index < -0.39 is 4.92 Å². The molecule has 94 valence electrons. The molecule has 1 aliphatic rings. The third-order valence-electron chi connectivity index (χ3n) is 3.15. The summed E-state index contributed by atoms with van der Waals surface area (Å²) in [5.74, 6) is 1.33. The Hall–Kier alpha value is -1.24. The summed E-state index contributed by atoms with van der Waals surface area (Å²) >= 11 is 1.87. The van der Waals surface area contributed by atoms with Crippen molar-refractivity contribution >= 4 is 23.3 Å². The second-order valence-corrected chi connectivity index (χ2v) is 5.79. The van der Waals surface area contributed by atoms with Crippen molar-refractivity contribution in [1.82, 2.24) is 9.78 Å². The number of aromatic nitrogens is 2. The Morgan fingerprint density at radius 3 is 2.88 bits per heavy atom. The predicted octanol–water partition coefficient (Wildman–Crippen LogP) is 2.14. The van der Waals surface area contributed by atoms with E-state index in [0.717, 1.165) is 18.6 Å². The van der Waals surface area contributed by atoms with Gasteiger partial charge in [0.05, 0.1) is 11.0 Å². The summed E-state index contributed by atoms with van der Waals surface area (Å²) in [5, 5.41) is 15.5. The van der Waals surface area contributed by atoms with Crippen LogP contribution in [0.5, 0.6) is 0 Å². The summed E-state index contributed by atoms with van der Waals surface area (Å²) in [7, 11) is 0. The molecule has 0 bridgehead atoms. The summed E-state index contributed by atoms with van der Waals surface area (Å²) in [4.78, 5) is 10.4. The first-order valence-electron chi connectivity index (χ1n) is 5.63. The number of nitrogens with two attached hydrogens (primary N) is 1. The van der Waals surface area contributed by atoms with Crippen LogP contribution in [-0.4, -0.2) is 25.7 Å².